The van der Waals surface area contributed by atoms with E-state index in [1.165, 1.54) is 6.20 Å². The number of piperidine rings is 1. The summed E-state index contributed by atoms with van der Waals surface area (Å²) in [6, 6.07) is 7.39. The lowest BCUT2D eigenvalue weighted by atomic mass is 10.0. The maximum absolute atomic E-state index is 12.6. The van der Waals surface area contributed by atoms with Gasteiger partial charge in [-0.15, -0.1) is 0 Å². The van der Waals surface area contributed by atoms with E-state index in [1.54, 1.807) is 19.4 Å². The average molecular weight is 342 g/mol. The summed E-state index contributed by atoms with van der Waals surface area (Å²) in [4.78, 5) is 33.3. The number of anilines is 1. The van der Waals surface area contributed by atoms with E-state index in [1.807, 2.05) is 23.1 Å². The molecule has 1 aromatic heterocycles. The molecule has 7 heteroatoms. The van der Waals surface area contributed by atoms with Gasteiger partial charge in [-0.2, -0.15) is 0 Å². The number of methoxy groups -OCH3 is 1. The second-order valence-corrected chi connectivity index (χ2v) is 6.09. The third kappa shape index (κ3) is 4.06. The predicted octanol–water partition coefficient (Wildman–Crippen LogP) is 1.32. The average Bonchev–Trinajstić information content (AvgIpc) is 2.63. The fourth-order valence-electron chi connectivity index (χ4n) is 3.14. The minimum absolute atomic E-state index is 0.0294. The van der Waals surface area contributed by atoms with Crippen molar-refractivity contribution in [1.82, 2.24) is 15.3 Å². The van der Waals surface area contributed by atoms with E-state index in [0.29, 0.717) is 24.5 Å². The lowest BCUT2D eigenvalue weighted by Crippen LogP contribution is -2.49. The van der Waals surface area contributed by atoms with Crippen molar-refractivity contribution in [3.05, 3.63) is 58.1 Å². The van der Waals surface area contributed by atoms with Crippen molar-refractivity contribution >= 4 is 11.7 Å². The largest absolute Gasteiger partial charge is 0.380 e. The second kappa shape index (κ2) is 7.94. The van der Waals surface area contributed by atoms with Crippen LogP contribution in [0.2, 0.25) is 0 Å². The minimum Gasteiger partial charge on any atom is -0.380 e. The van der Waals surface area contributed by atoms with Gasteiger partial charge in [0.2, 0.25) is 0 Å². The van der Waals surface area contributed by atoms with Gasteiger partial charge in [0.05, 0.1) is 6.61 Å². The van der Waals surface area contributed by atoms with Crippen LogP contribution >= 0.6 is 0 Å². The molecule has 0 saturated carbocycles. The molecule has 1 fully saturated rings. The van der Waals surface area contributed by atoms with E-state index in [2.05, 4.69) is 15.3 Å². The Balaban J connectivity index is 1.70. The number of amides is 1. The smallest absolute Gasteiger partial charge is 0.290 e. The number of hydrogen-bond donors (Lipinski definition) is 2. The van der Waals surface area contributed by atoms with Gasteiger partial charge in [-0.05, 0) is 24.5 Å². The van der Waals surface area contributed by atoms with Gasteiger partial charge in [0.25, 0.3) is 11.5 Å². The molecule has 0 bridgehead atoms. The third-order valence-electron chi connectivity index (χ3n) is 4.31. The van der Waals surface area contributed by atoms with Crippen molar-refractivity contribution < 1.29 is 9.53 Å². The van der Waals surface area contributed by atoms with Crippen LogP contribution in [0, 0.1) is 0 Å². The van der Waals surface area contributed by atoms with Crippen LogP contribution in [0.3, 0.4) is 0 Å². The number of nitrogens with one attached hydrogen (secondary N) is 2. The summed E-state index contributed by atoms with van der Waals surface area (Å²) in [5, 5.41) is 3.08. The van der Waals surface area contributed by atoms with Crippen molar-refractivity contribution in [2.24, 2.45) is 0 Å². The standard InChI is InChI=1S/C18H22N4O3/c1-25-12-13-5-2-3-7-15(13)17(23)21-14-6-4-10-22(11-14)16-18(24)20-9-8-19-16/h2-3,5,7-9,14H,4,6,10-12H2,1H3,(H,20,24)(H,21,23)/t14-/m0/s1. The van der Waals surface area contributed by atoms with E-state index in [-0.39, 0.29) is 17.5 Å². The highest BCUT2D eigenvalue weighted by Gasteiger charge is 2.24. The maximum Gasteiger partial charge on any atom is 0.290 e. The normalized spacial score (nSPS) is 17.3. The van der Waals surface area contributed by atoms with Crippen LogP contribution < -0.4 is 15.8 Å². The Kier molecular flexibility index (Phi) is 5.45. The van der Waals surface area contributed by atoms with Gasteiger partial charge in [-0.25, -0.2) is 4.98 Å². The molecule has 0 spiro atoms. The van der Waals surface area contributed by atoms with Crippen LogP contribution in [-0.2, 0) is 11.3 Å². The minimum atomic E-state index is -0.208. The molecule has 1 atom stereocenters. The summed E-state index contributed by atoms with van der Waals surface area (Å²) in [7, 11) is 1.61. The van der Waals surface area contributed by atoms with Gasteiger partial charge in [-0.1, -0.05) is 18.2 Å². The summed E-state index contributed by atoms with van der Waals surface area (Å²) in [6.45, 7) is 1.72. The molecule has 2 aromatic rings. The molecule has 1 aliphatic heterocycles. The molecule has 132 valence electrons. The van der Waals surface area contributed by atoms with Crippen molar-refractivity contribution in [1.29, 1.82) is 0 Å². The zero-order valence-electron chi connectivity index (χ0n) is 14.2. The van der Waals surface area contributed by atoms with Crippen molar-refractivity contribution in [3.63, 3.8) is 0 Å². The molecule has 1 amide bonds. The summed E-state index contributed by atoms with van der Waals surface area (Å²) in [5.41, 5.74) is 1.27. The predicted molar refractivity (Wildman–Crippen MR) is 94.7 cm³/mol. The Morgan fingerprint density at radius 1 is 1.44 bits per heavy atom. The molecule has 0 aliphatic carbocycles. The molecule has 0 radical (unpaired) electrons. The molecular weight excluding hydrogens is 320 g/mol. The molecule has 1 saturated heterocycles. The fraction of sp³-hybridized carbons (Fsp3) is 0.389. The molecule has 0 unspecified atom stereocenters. The zero-order chi connectivity index (χ0) is 17.6. The summed E-state index contributed by atoms with van der Waals surface area (Å²) < 4.78 is 5.16. The van der Waals surface area contributed by atoms with Gasteiger partial charge in [0.1, 0.15) is 0 Å². The highest BCUT2D eigenvalue weighted by atomic mass is 16.5. The Bertz CT molecular complexity index is 790. The van der Waals surface area contributed by atoms with E-state index in [4.69, 9.17) is 4.74 Å². The molecule has 7 nitrogen and oxygen atoms in total. The summed E-state index contributed by atoms with van der Waals surface area (Å²) >= 11 is 0. The lowest BCUT2D eigenvalue weighted by Gasteiger charge is -2.33. The monoisotopic (exact) mass is 342 g/mol. The van der Waals surface area contributed by atoms with E-state index in [0.717, 1.165) is 24.9 Å². The number of ether oxygens (including phenoxy) is 1. The van der Waals surface area contributed by atoms with Gasteiger partial charge in [0.15, 0.2) is 5.82 Å². The number of rotatable bonds is 5. The molecular formula is C18H22N4O3. The SMILES string of the molecule is COCc1ccccc1C(=O)N[C@H]1CCCN(c2ncc[nH]c2=O)C1. The summed E-state index contributed by atoms with van der Waals surface area (Å²) in [5.74, 6) is 0.288. The Morgan fingerprint density at radius 3 is 3.08 bits per heavy atom. The van der Waals surface area contributed by atoms with Gasteiger partial charge in [-0.3, -0.25) is 9.59 Å². The van der Waals surface area contributed by atoms with E-state index < -0.39 is 0 Å². The first kappa shape index (κ1) is 17.2. The van der Waals surface area contributed by atoms with Crippen LogP contribution in [0.25, 0.3) is 0 Å². The van der Waals surface area contributed by atoms with Crippen LogP contribution in [-0.4, -0.2) is 42.1 Å². The fourth-order valence-corrected chi connectivity index (χ4v) is 3.14. The maximum atomic E-state index is 12.6. The number of aromatic amines is 1. The first-order valence-electron chi connectivity index (χ1n) is 8.35. The highest BCUT2D eigenvalue weighted by Crippen LogP contribution is 2.16. The molecule has 2 heterocycles. The van der Waals surface area contributed by atoms with Gasteiger partial charge >= 0.3 is 0 Å². The Labute approximate surface area is 146 Å². The molecule has 25 heavy (non-hydrogen) atoms. The van der Waals surface area contributed by atoms with E-state index >= 15 is 0 Å². The first-order chi connectivity index (χ1) is 12.2. The number of nitrogens with zero attached hydrogens (tertiary/aromatic N) is 2. The van der Waals surface area contributed by atoms with Gasteiger partial charge < -0.3 is 19.9 Å². The molecule has 3 rings (SSSR count). The number of hydrogen-bond acceptors (Lipinski definition) is 5. The summed E-state index contributed by atoms with van der Waals surface area (Å²) in [6.07, 6.45) is 4.85. The van der Waals surface area contributed by atoms with Crippen molar-refractivity contribution in [2.45, 2.75) is 25.5 Å². The quantitative estimate of drug-likeness (QED) is 0.856. The molecule has 2 N–H and O–H groups in total. The number of H-pyrrole nitrogens is 1. The molecule has 1 aliphatic rings. The van der Waals surface area contributed by atoms with Crippen LogP contribution in [0.1, 0.15) is 28.8 Å². The Hall–Kier alpha value is -2.67. The van der Waals surface area contributed by atoms with Crippen LogP contribution in [0.15, 0.2) is 41.5 Å². The highest BCUT2D eigenvalue weighted by molar-refractivity contribution is 5.95. The lowest BCUT2D eigenvalue weighted by molar-refractivity contribution is 0.0928. The second-order valence-electron chi connectivity index (χ2n) is 6.09. The van der Waals surface area contributed by atoms with E-state index in [9.17, 15) is 9.59 Å². The first-order valence-corrected chi connectivity index (χ1v) is 8.35. The van der Waals surface area contributed by atoms with Gasteiger partial charge in [0, 0.05) is 44.2 Å². The van der Waals surface area contributed by atoms with Crippen molar-refractivity contribution in [3.8, 4) is 0 Å². The number of carbonyl (C=O) groups is 1. The number of benzene rings is 1. The zero-order valence-corrected chi connectivity index (χ0v) is 14.2. The number of aromatic nitrogens is 2. The Morgan fingerprint density at radius 2 is 2.28 bits per heavy atom. The topological polar surface area (TPSA) is 87.3 Å². The third-order valence-corrected chi connectivity index (χ3v) is 4.31. The molecule has 1 aromatic carbocycles. The van der Waals surface area contributed by atoms with Crippen LogP contribution in [0.5, 0.6) is 0 Å². The van der Waals surface area contributed by atoms with Crippen molar-refractivity contribution in [2.75, 3.05) is 25.1 Å². The number of carbonyl (C=O) groups excluding carboxylic acids is 1. The van der Waals surface area contributed by atoms with Crippen LogP contribution in [0.4, 0.5) is 5.82 Å².